The van der Waals surface area contributed by atoms with Crippen molar-refractivity contribution in [2.45, 2.75) is 50.2 Å². The van der Waals surface area contributed by atoms with Crippen molar-refractivity contribution in [3.05, 3.63) is 0 Å². The Hall–Kier alpha value is -0.120. The summed E-state index contributed by atoms with van der Waals surface area (Å²) in [6, 6.07) is 2.21. The van der Waals surface area contributed by atoms with Crippen molar-refractivity contribution in [1.29, 1.82) is 0 Å². The molecule has 86 valence electrons. The second kappa shape index (κ2) is 4.04. The molecule has 2 heterocycles. The van der Waals surface area contributed by atoms with Gasteiger partial charge in [0.15, 0.2) is 0 Å². The van der Waals surface area contributed by atoms with Crippen molar-refractivity contribution >= 4 is 0 Å². The summed E-state index contributed by atoms with van der Waals surface area (Å²) in [4.78, 5) is 5.35. The normalized spacial score (nSPS) is 39.8. The van der Waals surface area contributed by atoms with Crippen molar-refractivity contribution in [1.82, 2.24) is 9.80 Å². The third-order valence-corrected chi connectivity index (χ3v) is 4.26. The maximum atomic E-state index is 6.04. The third kappa shape index (κ3) is 2.19. The van der Waals surface area contributed by atoms with Crippen molar-refractivity contribution < 1.29 is 0 Å². The number of piperidine rings is 1. The average Bonchev–Trinajstić information content (AvgIpc) is 2.97. The van der Waals surface area contributed by atoms with Crippen LogP contribution >= 0.6 is 0 Å². The first kappa shape index (κ1) is 10.1. The van der Waals surface area contributed by atoms with Crippen molar-refractivity contribution in [2.24, 2.45) is 5.73 Å². The molecule has 2 saturated heterocycles. The molecule has 0 bridgehead atoms. The molecule has 0 amide bonds. The molecule has 2 unspecified atom stereocenters. The predicted octanol–water partition coefficient (Wildman–Crippen LogP) is 0.646. The highest BCUT2D eigenvalue weighted by atomic mass is 15.3. The molecule has 3 aliphatic rings. The van der Waals surface area contributed by atoms with E-state index in [1.54, 1.807) is 0 Å². The van der Waals surface area contributed by atoms with E-state index < -0.39 is 0 Å². The van der Waals surface area contributed by atoms with Gasteiger partial charge in [-0.2, -0.15) is 0 Å². The molecule has 1 aliphatic carbocycles. The summed E-state index contributed by atoms with van der Waals surface area (Å²) in [7, 11) is 0. The topological polar surface area (TPSA) is 32.5 Å². The summed E-state index contributed by atoms with van der Waals surface area (Å²) in [5.74, 6) is 0. The van der Waals surface area contributed by atoms with Crippen LogP contribution in [0.4, 0.5) is 0 Å². The SMILES string of the molecule is NC1CCCN(C2CCN(C3CC3)C2)C1. The van der Waals surface area contributed by atoms with Crippen molar-refractivity contribution in [3.63, 3.8) is 0 Å². The minimum absolute atomic E-state index is 0.439. The highest BCUT2D eigenvalue weighted by Crippen LogP contribution is 2.31. The molecule has 3 nitrogen and oxygen atoms in total. The lowest BCUT2D eigenvalue weighted by atomic mass is 10.0. The first-order valence-electron chi connectivity index (χ1n) is 6.56. The van der Waals surface area contributed by atoms with E-state index in [2.05, 4.69) is 9.80 Å². The van der Waals surface area contributed by atoms with Crippen LogP contribution in [0.5, 0.6) is 0 Å². The van der Waals surface area contributed by atoms with Gasteiger partial charge in [0.05, 0.1) is 0 Å². The molecule has 0 aromatic rings. The molecule has 0 spiro atoms. The molecule has 3 rings (SSSR count). The minimum atomic E-state index is 0.439. The number of nitrogens with zero attached hydrogens (tertiary/aromatic N) is 2. The van der Waals surface area contributed by atoms with E-state index in [1.165, 1.54) is 51.7 Å². The summed E-state index contributed by atoms with van der Waals surface area (Å²) in [5.41, 5.74) is 6.04. The van der Waals surface area contributed by atoms with E-state index in [-0.39, 0.29) is 0 Å². The van der Waals surface area contributed by atoms with Crippen molar-refractivity contribution in [3.8, 4) is 0 Å². The van der Waals surface area contributed by atoms with Crippen LogP contribution in [0.15, 0.2) is 0 Å². The molecule has 3 fully saturated rings. The first-order valence-corrected chi connectivity index (χ1v) is 6.56. The summed E-state index contributed by atoms with van der Waals surface area (Å²) in [6.07, 6.45) is 6.82. The van der Waals surface area contributed by atoms with Crippen LogP contribution in [-0.2, 0) is 0 Å². The summed E-state index contributed by atoms with van der Waals surface area (Å²) in [5, 5.41) is 0. The van der Waals surface area contributed by atoms with Gasteiger partial charge < -0.3 is 5.73 Å². The lowest BCUT2D eigenvalue weighted by molar-refractivity contribution is 0.148. The van der Waals surface area contributed by atoms with Crippen LogP contribution in [0.1, 0.15) is 32.1 Å². The molecule has 2 aliphatic heterocycles. The number of hydrogen-bond donors (Lipinski definition) is 1. The van der Waals surface area contributed by atoms with Gasteiger partial charge >= 0.3 is 0 Å². The molecular formula is C12H23N3. The van der Waals surface area contributed by atoms with Crippen LogP contribution in [-0.4, -0.2) is 54.1 Å². The van der Waals surface area contributed by atoms with Gasteiger partial charge in [-0.05, 0) is 38.6 Å². The van der Waals surface area contributed by atoms with Gasteiger partial charge in [0.25, 0.3) is 0 Å². The fraction of sp³-hybridized carbons (Fsp3) is 1.00. The molecule has 0 aromatic carbocycles. The standard InChI is InChI=1S/C12H23N3/c13-10-2-1-6-14(8-10)12-5-7-15(9-12)11-3-4-11/h10-12H,1-9,13H2. The molecule has 0 radical (unpaired) electrons. The van der Waals surface area contributed by atoms with Gasteiger partial charge in [0, 0.05) is 37.8 Å². The molecule has 2 N–H and O–H groups in total. The van der Waals surface area contributed by atoms with Gasteiger partial charge in [-0.1, -0.05) is 0 Å². The van der Waals surface area contributed by atoms with Crippen LogP contribution in [0.25, 0.3) is 0 Å². The molecule has 15 heavy (non-hydrogen) atoms. The molecule has 1 saturated carbocycles. The van der Waals surface area contributed by atoms with Gasteiger partial charge in [0.1, 0.15) is 0 Å². The minimum Gasteiger partial charge on any atom is -0.327 e. The Kier molecular flexibility index (Phi) is 2.71. The maximum Gasteiger partial charge on any atom is 0.0236 e. The Morgan fingerprint density at radius 3 is 2.33 bits per heavy atom. The zero-order valence-corrected chi connectivity index (χ0v) is 9.57. The van der Waals surface area contributed by atoms with Gasteiger partial charge in [-0.3, -0.25) is 9.80 Å². The predicted molar refractivity (Wildman–Crippen MR) is 61.8 cm³/mol. The molecule has 3 heteroatoms. The summed E-state index contributed by atoms with van der Waals surface area (Å²) >= 11 is 0. The Morgan fingerprint density at radius 2 is 1.60 bits per heavy atom. The Labute approximate surface area is 92.6 Å². The third-order valence-electron chi connectivity index (χ3n) is 4.26. The van der Waals surface area contributed by atoms with Crippen LogP contribution in [0.2, 0.25) is 0 Å². The Bertz CT molecular complexity index is 227. The van der Waals surface area contributed by atoms with Crippen LogP contribution < -0.4 is 5.73 Å². The highest BCUT2D eigenvalue weighted by molar-refractivity contribution is 4.94. The van der Waals surface area contributed by atoms with Crippen LogP contribution in [0, 0.1) is 0 Å². The summed E-state index contributed by atoms with van der Waals surface area (Å²) in [6.45, 7) is 5.08. The average molecular weight is 209 g/mol. The smallest absolute Gasteiger partial charge is 0.0236 e. The van der Waals surface area contributed by atoms with E-state index >= 15 is 0 Å². The monoisotopic (exact) mass is 209 g/mol. The number of hydrogen-bond acceptors (Lipinski definition) is 3. The van der Waals surface area contributed by atoms with E-state index in [9.17, 15) is 0 Å². The highest BCUT2D eigenvalue weighted by Gasteiger charge is 2.37. The maximum absolute atomic E-state index is 6.04. The van der Waals surface area contributed by atoms with E-state index in [0.717, 1.165) is 18.6 Å². The van der Waals surface area contributed by atoms with Gasteiger partial charge in [-0.25, -0.2) is 0 Å². The first-order chi connectivity index (χ1) is 7.33. The van der Waals surface area contributed by atoms with E-state index in [4.69, 9.17) is 5.73 Å². The Morgan fingerprint density at radius 1 is 0.800 bits per heavy atom. The lowest BCUT2D eigenvalue weighted by Gasteiger charge is -2.35. The second-order valence-corrected chi connectivity index (χ2v) is 5.57. The fourth-order valence-electron chi connectivity index (χ4n) is 3.21. The van der Waals surface area contributed by atoms with Gasteiger partial charge in [0.2, 0.25) is 0 Å². The fourth-order valence-corrected chi connectivity index (χ4v) is 3.21. The number of rotatable bonds is 2. The zero-order valence-electron chi connectivity index (χ0n) is 9.57. The lowest BCUT2D eigenvalue weighted by Crippen LogP contribution is -2.48. The second-order valence-electron chi connectivity index (χ2n) is 5.57. The molecule has 2 atom stereocenters. The quantitative estimate of drug-likeness (QED) is 0.724. The largest absolute Gasteiger partial charge is 0.327 e. The van der Waals surface area contributed by atoms with Crippen LogP contribution in [0.3, 0.4) is 0 Å². The zero-order chi connectivity index (χ0) is 10.3. The molecule has 0 aromatic heterocycles. The van der Waals surface area contributed by atoms with Crippen molar-refractivity contribution in [2.75, 3.05) is 26.2 Å². The number of nitrogens with two attached hydrogens (primary N) is 1. The Balaban J connectivity index is 1.53. The molecular weight excluding hydrogens is 186 g/mol. The summed E-state index contributed by atoms with van der Waals surface area (Å²) < 4.78 is 0. The van der Waals surface area contributed by atoms with E-state index in [0.29, 0.717) is 6.04 Å². The van der Waals surface area contributed by atoms with Gasteiger partial charge in [-0.15, -0.1) is 0 Å². The number of likely N-dealkylation sites (tertiary alicyclic amines) is 2. The van der Waals surface area contributed by atoms with E-state index in [1.807, 2.05) is 0 Å².